The molecular weight excluding hydrogens is 637 g/mol. The smallest absolute Gasteiger partial charge is 0.152 e. The predicted molar refractivity (Wildman–Crippen MR) is 208 cm³/mol. The third-order valence-corrected chi connectivity index (χ3v) is 19.7. The van der Waals surface area contributed by atoms with Crippen molar-refractivity contribution >= 4 is 9.84 Å². The zero-order valence-electron chi connectivity index (χ0n) is 33.0. The van der Waals surface area contributed by atoms with Gasteiger partial charge in [-0.15, -0.1) is 0 Å². The first-order valence-corrected chi connectivity index (χ1v) is 22.7. The molecule has 0 bridgehead atoms. The van der Waals surface area contributed by atoms with Gasteiger partial charge < -0.3 is 15.3 Å². The Morgan fingerprint density at radius 2 is 1.66 bits per heavy atom. The highest BCUT2D eigenvalue weighted by molar-refractivity contribution is 7.91. The lowest BCUT2D eigenvalue weighted by atomic mass is 9.33. The molecule has 0 aromatic heterocycles. The van der Waals surface area contributed by atoms with Gasteiger partial charge in [-0.25, -0.2) is 8.42 Å². The van der Waals surface area contributed by atoms with Gasteiger partial charge in [0.2, 0.25) is 0 Å². The first-order valence-electron chi connectivity index (χ1n) is 20.8. The molecule has 4 saturated carbocycles. The van der Waals surface area contributed by atoms with Gasteiger partial charge in [0.1, 0.15) is 0 Å². The topological polar surface area (TPSA) is 69.6 Å². The molecule has 2 N–H and O–H groups in total. The summed E-state index contributed by atoms with van der Waals surface area (Å²) < 4.78 is 24.1. The average molecular weight is 709 g/mol. The van der Waals surface area contributed by atoms with Gasteiger partial charge in [-0.05, 0) is 158 Å². The lowest BCUT2D eigenvalue weighted by Crippen LogP contribution is -2.68. The van der Waals surface area contributed by atoms with Crippen LogP contribution in [0.4, 0.5) is 0 Å². The van der Waals surface area contributed by atoms with Gasteiger partial charge >= 0.3 is 0 Å². The van der Waals surface area contributed by atoms with E-state index in [0.717, 1.165) is 50.6 Å². The summed E-state index contributed by atoms with van der Waals surface area (Å²) in [7, 11) is -2.85. The SMILES string of the molecule is C=C(C)[C@@H]1CC[C@]2(NCCN3CCS(=O)(=O)CC3)CC[C@]3(C)[C@H](CC[C@@H]4[C@@]5(C)CC=C(C6=CC[C@@](CC)(CO)CC6)C(C)(C)[C@@H]5CC[C@]43C)[C@@H]12. The summed E-state index contributed by atoms with van der Waals surface area (Å²) in [6.45, 7) is 26.2. The van der Waals surface area contributed by atoms with Gasteiger partial charge in [0.15, 0.2) is 9.84 Å². The van der Waals surface area contributed by atoms with E-state index in [1.54, 1.807) is 11.1 Å². The standard InChI is InChI=1S/C44H72N2O3S/c1-9-43(30-47)19-12-32(13-20-43)34-15-17-40(6)36(39(34,4)5)16-18-42(8)37(40)11-10-35-38-33(31(2)3)14-21-44(38,23-22-41(35,42)7)45-24-25-46-26-28-50(48,49)29-27-46/h12,15,33,35-38,45,47H,2,9-11,13-14,16-30H2,1,3-8H3/t33-,35+,36-,37+,38+,40-,41+,42+,43+,44-/m0/s1. The van der Waals surface area contributed by atoms with Gasteiger partial charge in [-0.1, -0.05) is 65.8 Å². The minimum atomic E-state index is -2.85. The molecule has 7 rings (SSSR count). The molecule has 6 heteroatoms. The van der Waals surface area contributed by atoms with E-state index in [0.29, 0.717) is 65.2 Å². The molecule has 7 aliphatic rings. The number of nitrogens with zero attached hydrogens (tertiary/aromatic N) is 1. The molecule has 5 fully saturated rings. The Bertz CT molecular complexity index is 1490. The van der Waals surface area contributed by atoms with Crippen molar-refractivity contribution in [3.63, 3.8) is 0 Å². The van der Waals surface area contributed by atoms with Crippen molar-refractivity contribution in [3.05, 3.63) is 35.5 Å². The fourth-order valence-corrected chi connectivity index (χ4v) is 16.1. The predicted octanol–water partition coefficient (Wildman–Crippen LogP) is 8.75. The van der Waals surface area contributed by atoms with E-state index in [2.05, 4.69) is 77.4 Å². The molecule has 1 heterocycles. The third-order valence-electron chi connectivity index (χ3n) is 18.1. The third kappa shape index (κ3) is 5.64. The van der Waals surface area contributed by atoms with Crippen LogP contribution in [0.15, 0.2) is 35.5 Å². The van der Waals surface area contributed by atoms with Crippen molar-refractivity contribution in [1.82, 2.24) is 10.2 Å². The molecule has 50 heavy (non-hydrogen) atoms. The molecule has 0 unspecified atom stereocenters. The average Bonchev–Trinajstić information content (AvgIpc) is 3.46. The number of fused-ring (bicyclic) bond motifs is 7. The second kappa shape index (κ2) is 12.8. The van der Waals surface area contributed by atoms with Gasteiger partial charge in [-0.3, -0.25) is 0 Å². The quantitative estimate of drug-likeness (QED) is 0.247. The molecule has 0 amide bonds. The van der Waals surface area contributed by atoms with Crippen molar-refractivity contribution in [2.45, 2.75) is 137 Å². The second-order valence-corrected chi connectivity index (χ2v) is 22.6. The maximum atomic E-state index is 12.0. The number of hydrogen-bond acceptors (Lipinski definition) is 5. The van der Waals surface area contributed by atoms with E-state index in [1.165, 1.54) is 63.4 Å². The molecule has 0 aromatic carbocycles. The highest BCUT2D eigenvalue weighted by atomic mass is 32.2. The molecular formula is C44H72N2O3S. The first-order chi connectivity index (χ1) is 23.5. The van der Waals surface area contributed by atoms with Crippen LogP contribution in [0.3, 0.4) is 0 Å². The lowest BCUT2D eigenvalue weighted by Gasteiger charge is -2.72. The summed E-state index contributed by atoms with van der Waals surface area (Å²) in [5.41, 5.74) is 6.05. The van der Waals surface area contributed by atoms with Crippen molar-refractivity contribution in [2.75, 3.05) is 44.3 Å². The Labute approximate surface area is 306 Å². The summed E-state index contributed by atoms with van der Waals surface area (Å²) in [4.78, 5) is 2.37. The van der Waals surface area contributed by atoms with E-state index in [9.17, 15) is 13.5 Å². The van der Waals surface area contributed by atoms with Crippen LogP contribution in [-0.2, 0) is 9.84 Å². The van der Waals surface area contributed by atoms with Crippen LogP contribution in [0.1, 0.15) is 132 Å². The van der Waals surface area contributed by atoms with Crippen molar-refractivity contribution in [3.8, 4) is 0 Å². The lowest BCUT2D eigenvalue weighted by molar-refractivity contribution is -0.221. The molecule has 0 aromatic rings. The number of hydrogen-bond donors (Lipinski definition) is 2. The largest absolute Gasteiger partial charge is 0.396 e. The van der Waals surface area contributed by atoms with Crippen LogP contribution < -0.4 is 5.32 Å². The van der Waals surface area contributed by atoms with Gasteiger partial charge in [0.05, 0.1) is 11.5 Å². The van der Waals surface area contributed by atoms with Crippen LogP contribution >= 0.6 is 0 Å². The Kier molecular flexibility index (Phi) is 9.59. The maximum Gasteiger partial charge on any atom is 0.152 e. The fraction of sp³-hybridized carbons (Fsp3) is 0.864. The van der Waals surface area contributed by atoms with E-state index in [-0.39, 0.29) is 16.4 Å². The van der Waals surface area contributed by atoms with Crippen LogP contribution in [0.25, 0.3) is 0 Å². The molecule has 10 atom stereocenters. The normalized spacial score (nSPS) is 46.8. The van der Waals surface area contributed by atoms with E-state index < -0.39 is 9.84 Å². The minimum absolute atomic E-state index is 0.0897. The molecule has 6 aliphatic carbocycles. The Morgan fingerprint density at radius 1 is 0.920 bits per heavy atom. The summed E-state index contributed by atoms with van der Waals surface area (Å²) in [6, 6.07) is 0. The number of sulfone groups is 1. The molecule has 0 spiro atoms. The van der Waals surface area contributed by atoms with E-state index in [4.69, 9.17) is 0 Å². The van der Waals surface area contributed by atoms with Gasteiger partial charge in [-0.2, -0.15) is 0 Å². The maximum absolute atomic E-state index is 12.0. The van der Waals surface area contributed by atoms with Gasteiger partial charge in [0, 0.05) is 38.3 Å². The number of allylic oxidation sites excluding steroid dienone is 5. The second-order valence-electron chi connectivity index (χ2n) is 20.3. The van der Waals surface area contributed by atoms with Crippen LogP contribution in [0, 0.1) is 56.7 Å². The summed E-state index contributed by atoms with van der Waals surface area (Å²) >= 11 is 0. The molecule has 282 valence electrons. The molecule has 5 nitrogen and oxygen atoms in total. The highest BCUT2D eigenvalue weighted by Crippen LogP contribution is 2.76. The molecule has 0 radical (unpaired) electrons. The van der Waals surface area contributed by atoms with Crippen LogP contribution in [0.2, 0.25) is 0 Å². The Morgan fingerprint density at radius 3 is 2.30 bits per heavy atom. The van der Waals surface area contributed by atoms with Gasteiger partial charge in [0.25, 0.3) is 0 Å². The number of nitrogens with one attached hydrogen (secondary N) is 1. The summed E-state index contributed by atoms with van der Waals surface area (Å²) in [6.07, 6.45) is 21.3. The summed E-state index contributed by atoms with van der Waals surface area (Å²) in [5, 5.41) is 14.4. The van der Waals surface area contributed by atoms with Crippen LogP contribution in [0.5, 0.6) is 0 Å². The van der Waals surface area contributed by atoms with Crippen molar-refractivity contribution < 1.29 is 13.5 Å². The number of aliphatic hydroxyl groups excluding tert-OH is 1. The Hall–Kier alpha value is -0.950. The zero-order chi connectivity index (χ0) is 36.0. The first kappa shape index (κ1) is 37.4. The fourth-order valence-electron chi connectivity index (χ4n) is 14.8. The minimum Gasteiger partial charge on any atom is -0.396 e. The van der Waals surface area contributed by atoms with Crippen LogP contribution in [-0.4, -0.2) is 68.3 Å². The molecule has 1 aliphatic heterocycles. The number of aliphatic hydroxyl groups is 1. The van der Waals surface area contributed by atoms with E-state index in [1.807, 2.05) is 0 Å². The zero-order valence-corrected chi connectivity index (χ0v) is 33.8. The Balaban J connectivity index is 1.13. The highest BCUT2D eigenvalue weighted by Gasteiger charge is 2.70. The van der Waals surface area contributed by atoms with Crippen molar-refractivity contribution in [2.24, 2.45) is 56.7 Å². The van der Waals surface area contributed by atoms with Crippen molar-refractivity contribution in [1.29, 1.82) is 0 Å². The molecule has 1 saturated heterocycles. The number of rotatable bonds is 8. The summed E-state index contributed by atoms with van der Waals surface area (Å²) in [5.74, 6) is 4.03. The monoisotopic (exact) mass is 709 g/mol. The van der Waals surface area contributed by atoms with E-state index >= 15 is 0 Å².